The van der Waals surface area contributed by atoms with E-state index in [4.69, 9.17) is 4.74 Å². The summed E-state index contributed by atoms with van der Waals surface area (Å²) in [5, 5.41) is 0. The van der Waals surface area contributed by atoms with E-state index in [0.29, 0.717) is 50.1 Å². The number of benzene rings is 2. The second kappa shape index (κ2) is 10.3. The Labute approximate surface area is 218 Å². The number of likely N-dealkylation sites (N-methyl/N-ethyl adjacent to an activating group) is 1. The van der Waals surface area contributed by atoms with Crippen LogP contribution < -0.4 is 0 Å². The number of hydrogen-bond donors (Lipinski definition) is 0. The number of hydrogen-bond acceptors (Lipinski definition) is 5. The van der Waals surface area contributed by atoms with Crippen LogP contribution >= 0.6 is 0 Å². The largest absolute Gasteiger partial charge is 0.353 e. The Balaban J connectivity index is 1.39. The number of nitrogens with zero attached hydrogens (tertiary/aromatic N) is 4. The molecule has 0 aromatic heterocycles. The van der Waals surface area contributed by atoms with E-state index in [2.05, 4.69) is 11.9 Å². The maximum atomic E-state index is 13.9. The van der Waals surface area contributed by atoms with Crippen molar-refractivity contribution in [3.8, 4) is 0 Å². The average molecular weight is 505 g/mol. The van der Waals surface area contributed by atoms with Crippen LogP contribution in [0.15, 0.2) is 48.5 Å². The number of carbonyl (C=O) groups is 3. The van der Waals surface area contributed by atoms with Crippen molar-refractivity contribution in [3.63, 3.8) is 0 Å². The number of ether oxygens (including phenoxy) is 1. The summed E-state index contributed by atoms with van der Waals surface area (Å²) in [4.78, 5) is 48.4. The van der Waals surface area contributed by atoms with Crippen molar-refractivity contribution in [3.05, 3.63) is 70.8 Å². The number of likely N-dealkylation sites (tertiary alicyclic amines) is 1. The topological polar surface area (TPSA) is 73.4 Å². The molecule has 3 heterocycles. The molecule has 0 aliphatic carbocycles. The first kappa shape index (κ1) is 25.4. The Kier molecular flexibility index (Phi) is 7.05. The van der Waals surface area contributed by atoms with Crippen LogP contribution in [0.4, 0.5) is 0 Å². The highest BCUT2D eigenvalue weighted by molar-refractivity contribution is 5.99. The van der Waals surface area contributed by atoms with Gasteiger partial charge >= 0.3 is 0 Å². The molecule has 3 amide bonds. The number of carbonyl (C=O) groups excluding carboxylic acids is 3. The lowest BCUT2D eigenvalue weighted by Gasteiger charge is -2.45. The third kappa shape index (κ3) is 5.00. The smallest absolute Gasteiger partial charge is 0.256 e. The van der Waals surface area contributed by atoms with Gasteiger partial charge in [0.1, 0.15) is 11.8 Å². The van der Waals surface area contributed by atoms with E-state index < -0.39 is 11.8 Å². The molecule has 2 aromatic carbocycles. The predicted molar refractivity (Wildman–Crippen MR) is 140 cm³/mol. The Morgan fingerprint density at radius 1 is 0.784 bits per heavy atom. The van der Waals surface area contributed by atoms with Gasteiger partial charge in [-0.15, -0.1) is 0 Å². The van der Waals surface area contributed by atoms with E-state index in [9.17, 15) is 14.4 Å². The molecule has 3 saturated heterocycles. The molecule has 3 aliphatic heterocycles. The van der Waals surface area contributed by atoms with Crippen molar-refractivity contribution in [1.29, 1.82) is 0 Å². The van der Waals surface area contributed by atoms with E-state index in [-0.39, 0.29) is 24.3 Å². The number of piperazine rings is 1. The molecule has 3 fully saturated rings. The zero-order valence-electron chi connectivity index (χ0n) is 22.0. The van der Waals surface area contributed by atoms with Gasteiger partial charge in [-0.2, -0.15) is 0 Å². The maximum Gasteiger partial charge on any atom is 0.256 e. The normalized spacial score (nSPS) is 21.9. The van der Waals surface area contributed by atoms with Crippen molar-refractivity contribution in [2.75, 3.05) is 52.9 Å². The second-order valence-corrected chi connectivity index (χ2v) is 10.6. The molecule has 0 saturated carbocycles. The molecule has 1 unspecified atom stereocenters. The SMILES string of the molecule is Cc1ccc(C(=O)N2C(C(=O)N3CCN(C)CC3)COC23CCN(C(=O)c2cccc(C)c2)CC3)cc1. The first-order valence-electron chi connectivity index (χ1n) is 13.1. The summed E-state index contributed by atoms with van der Waals surface area (Å²) in [6, 6.07) is 14.4. The molecule has 1 spiro atoms. The van der Waals surface area contributed by atoms with Crippen LogP contribution in [-0.2, 0) is 9.53 Å². The molecular formula is C29H36N4O4. The molecule has 0 N–H and O–H groups in total. The molecule has 3 aliphatic rings. The summed E-state index contributed by atoms with van der Waals surface area (Å²) in [5.74, 6) is -0.259. The highest BCUT2D eigenvalue weighted by Crippen LogP contribution is 2.39. The van der Waals surface area contributed by atoms with Gasteiger partial charge < -0.3 is 19.4 Å². The first-order valence-corrected chi connectivity index (χ1v) is 13.1. The lowest BCUT2D eigenvalue weighted by molar-refractivity contribution is -0.139. The van der Waals surface area contributed by atoms with Gasteiger partial charge in [-0.25, -0.2) is 0 Å². The molecule has 0 bridgehead atoms. The number of rotatable bonds is 3. The van der Waals surface area contributed by atoms with Crippen LogP contribution in [0.2, 0.25) is 0 Å². The van der Waals surface area contributed by atoms with Crippen molar-refractivity contribution < 1.29 is 19.1 Å². The van der Waals surface area contributed by atoms with Gasteiger partial charge in [-0.05, 0) is 45.2 Å². The van der Waals surface area contributed by atoms with Crippen molar-refractivity contribution in [1.82, 2.24) is 19.6 Å². The zero-order valence-corrected chi connectivity index (χ0v) is 22.0. The highest BCUT2D eigenvalue weighted by Gasteiger charge is 2.55. The molecule has 2 aromatic rings. The van der Waals surface area contributed by atoms with E-state index in [0.717, 1.165) is 24.2 Å². The number of piperidine rings is 1. The fraction of sp³-hybridized carbons (Fsp3) is 0.483. The zero-order chi connectivity index (χ0) is 26.2. The Morgan fingerprint density at radius 2 is 1.46 bits per heavy atom. The monoisotopic (exact) mass is 504 g/mol. The van der Waals surface area contributed by atoms with Crippen molar-refractivity contribution in [2.45, 2.75) is 38.5 Å². The van der Waals surface area contributed by atoms with Gasteiger partial charge in [0, 0.05) is 63.2 Å². The Hall–Kier alpha value is -3.23. The highest BCUT2D eigenvalue weighted by atomic mass is 16.5. The minimum Gasteiger partial charge on any atom is -0.353 e. The van der Waals surface area contributed by atoms with Gasteiger partial charge in [-0.1, -0.05) is 35.4 Å². The standard InChI is InChI=1S/C29H36N4O4/c1-21-7-9-23(10-8-21)27(35)33-25(28(36)32-17-15-30(3)16-18-32)20-37-29(33)11-13-31(14-12-29)26(34)24-6-4-5-22(2)19-24/h4-10,19,25H,11-18,20H2,1-3H3. The molecule has 8 nitrogen and oxygen atoms in total. The summed E-state index contributed by atoms with van der Waals surface area (Å²) in [6.07, 6.45) is 0.934. The third-order valence-electron chi connectivity index (χ3n) is 7.97. The van der Waals surface area contributed by atoms with Crippen molar-refractivity contribution >= 4 is 17.7 Å². The Bertz CT molecular complexity index is 1160. The van der Waals surface area contributed by atoms with E-state index in [1.807, 2.05) is 72.2 Å². The fourth-order valence-corrected chi connectivity index (χ4v) is 5.65. The minimum atomic E-state index is -0.905. The first-order chi connectivity index (χ1) is 17.8. The van der Waals surface area contributed by atoms with Gasteiger partial charge in [0.05, 0.1) is 6.61 Å². The molecule has 1 atom stereocenters. The van der Waals surface area contributed by atoms with Crippen LogP contribution in [0.25, 0.3) is 0 Å². The Morgan fingerprint density at radius 3 is 2.11 bits per heavy atom. The van der Waals surface area contributed by atoms with Gasteiger partial charge in [-0.3, -0.25) is 19.3 Å². The minimum absolute atomic E-state index is 0.0157. The lowest BCUT2D eigenvalue weighted by Crippen LogP contribution is -2.61. The van der Waals surface area contributed by atoms with E-state index >= 15 is 0 Å². The summed E-state index contributed by atoms with van der Waals surface area (Å²) in [6.45, 7) is 7.96. The lowest BCUT2D eigenvalue weighted by atomic mass is 9.95. The number of amides is 3. The summed E-state index contributed by atoms with van der Waals surface area (Å²) in [5.41, 5.74) is 2.41. The molecule has 8 heteroatoms. The summed E-state index contributed by atoms with van der Waals surface area (Å²) in [7, 11) is 2.05. The maximum absolute atomic E-state index is 13.9. The quantitative estimate of drug-likeness (QED) is 0.643. The number of aryl methyl sites for hydroxylation is 2. The van der Waals surface area contributed by atoms with E-state index in [1.165, 1.54) is 0 Å². The molecule has 37 heavy (non-hydrogen) atoms. The third-order valence-corrected chi connectivity index (χ3v) is 7.97. The van der Waals surface area contributed by atoms with Crippen LogP contribution in [-0.4, -0.2) is 102 Å². The molecule has 196 valence electrons. The van der Waals surface area contributed by atoms with Crippen molar-refractivity contribution in [2.24, 2.45) is 0 Å². The average Bonchev–Trinajstić information content (AvgIpc) is 3.27. The van der Waals surface area contributed by atoms with Crippen LogP contribution in [0.3, 0.4) is 0 Å². The second-order valence-electron chi connectivity index (χ2n) is 10.6. The van der Waals surface area contributed by atoms with Gasteiger partial charge in [0.15, 0.2) is 0 Å². The van der Waals surface area contributed by atoms with Gasteiger partial charge in [0.25, 0.3) is 11.8 Å². The van der Waals surface area contributed by atoms with Gasteiger partial charge in [0.2, 0.25) is 5.91 Å². The molecular weight excluding hydrogens is 468 g/mol. The molecule has 0 radical (unpaired) electrons. The van der Waals surface area contributed by atoms with Crippen LogP contribution in [0, 0.1) is 13.8 Å². The van der Waals surface area contributed by atoms with Crippen LogP contribution in [0.1, 0.15) is 44.7 Å². The fourth-order valence-electron chi connectivity index (χ4n) is 5.65. The summed E-state index contributed by atoms with van der Waals surface area (Å²) >= 11 is 0. The van der Waals surface area contributed by atoms with E-state index in [1.54, 1.807) is 4.90 Å². The predicted octanol–water partition coefficient (Wildman–Crippen LogP) is 2.55. The van der Waals surface area contributed by atoms with Crippen LogP contribution in [0.5, 0.6) is 0 Å². The summed E-state index contributed by atoms with van der Waals surface area (Å²) < 4.78 is 6.37. The molecule has 5 rings (SSSR count).